The molecule has 1 aromatic carbocycles. The number of hydrogen-bond acceptors (Lipinski definition) is 3. The van der Waals surface area contributed by atoms with E-state index < -0.39 is 0 Å². The highest BCUT2D eigenvalue weighted by Gasteiger charge is 2.19. The molecule has 0 radical (unpaired) electrons. The first kappa shape index (κ1) is 20.3. The van der Waals surface area contributed by atoms with E-state index in [1.54, 1.807) is 11.3 Å². The highest BCUT2D eigenvalue weighted by atomic mass is 79.9. The molecule has 3 aromatic rings. The van der Waals surface area contributed by atoms with E-state index in [2.05, 4.69) is 95.2 Å². The van der Waals surface area contributed by atoms with Crippen LogP contribution in [0.1, 0.15) is 17.0 Å². The van der Waals surface area contributed by atoms with Crippen molar-refractivity contribution in [1.82, 2.24) is 4.98 Å². The molecule has 2 aromatic heterocycles. The fourth-order valence-corrected chi connectivity index (χ4v) is 5.33. The topological polar surface area (TPSA) is 20.0 Å². The number of allylic oxidation sites excluding steroid dienone is 2. The second-order valence-corrected chi connectivity index (χ2v) is 10.5. The lowest BCUT2D eigenvalue weighted by atomic mass is 9.99. The van der Waals surface area contributed by atoms with E-state index in [9.17, 15) is 0 Å². The zero-order valence-corrected chi connectivity index (χ0v) is 19.8. The first-order valence-electron chi connectivity index (χ1n) is 9.82. The van der Waals surface area contributed by atoms with Crippen molar-refractivity contribution in [3.8, 4) is 0 Å². The number of thiazole rings is 1. The van der Waals surface area contributed by atoms with Gasteiger partial charge in [-0.15, -0.1) is 0 Å². The van der Waals surface area contributed by atoms with E-state index in [1.165, 1.54) is 21.5 Å². The van der Waals surface area contributed by atoms with Crippen LogP contribution in [0.3, 0.4) is 0 Å². The molecule has 0 bridgehead atoms. The Morgan fingerprint density at radius 3 is 2.83 bits per heavy atom. The van der Waals surface area contributed by atoms with Gasteiger partial charge in [0, 0.05) is 36.5 Å². The maximum Gasteiger partial charge on any atom is 0.342 e. The summed E-state index contributed by atoms with van der Waals surface area (Å²) in [6.45, 7) is 2.19. The predicted octanol–water partition coefficient (Wildman–Crippen LogP) is 4.85. The van der Waals surface area contributed by atoms with Gasteiger partial charge in [-0.1, -0.05) is 29.5 Å². The lowest BCUT2D eigenvalue weighted by Gasteiger charge is -2.29. The van der Waals surface area contributed by atoms with Crippen molar-refractivity contribution >= 4 is 55.0 Å². The molecule has 0 saturated heterocycles. The predicted molar refractivity (Wildman–Crippen MR) is 127 cm³/mol. The number of halogens is 1. The van der Waals surface area contributed by atoms with Crippen LogP contribution in [0.25, 0.3) is 22.0 Å². The molecule has 0 spiro atoms. The Morgan fingerprint density at radius 2 is 2.03 bits per heavy atom. The minimum atomic E-state index is 0.996. The number of quaternary nitrogens is 1. The first-order valence-corrected chi connectivity index (χ1v) is 11.4. The summed E-state index contributed by atoms with van der Waals surface area (Å²) in [6.07, 6.45) is 9.84. The Balaban J connectivity index is 1.64. The zero-order valence-electron chi connectivity index (χ0n) is 17.4. The summed E-state index contributed by atoms with van der Waals surface area (Å²) in [7, 11) is 8.78. The van der Waals surface area contributed by atoms with Crippen LogP contribution in [0, 0.1) is 0 Å². The molecule has 6 heteroatoms. The molecule has 1 aliphatic rings. The molecule has 0 fully saturated rings. The van der Waals surface area contributed by atoms with Crippen molar-refractivity contribution in [2.24, 2.45) is 7.05 Å². The van der Waals surface area contributed by atoms with E-state index in [-0.39, 0.29) is 0 Å². The molecule has 4 nitrogen and oxygen atoms in total. The molecular weight excluding hydrogens is 444 g/mol. The van der Waals surface area contributed by atoms with Crippen LogP contribution in [0.2, 0.25) is 0 Å². The second-order valence-electron chi connectivity index (χ2n) is 8.50. The Labute approximate surface area is 185 Å². The van der Waals surface area contributed by atoms with Gasteiger partial charge in [-0.05, 0) is 44.7 Å². The SMILES string of the molecule is C[n+]1cc(Br)cc2sc(/C=C3\C=CN(CCC[N+](C)(C)C)c4ccccc43)nc21. The lowest BCUT2D eigenvalue weighted by molar-refractivity contribution is -0.870. The fourth-order valence-electron chi connectivity index (χ4n) is 3.64. The summed E-state index contributed by atoms with van der Waals surface area (Å²) < 4.78 is 5.32. The molecule has 29 heavy (non-hydrogen) atoms. The van der Waals surface area contributed by atoms with Crippen molar-refractivity contribution in [2.75, 3.05) is 39.1 Å². The molecule has 4 rings (SSSR count). The molecule has 0 atom stereocenters. The third kappa shape index (κ3) is 4.60. The van der Waals surface area contributed by atoms with Crippen molar-refractivity contribution in [1.29, 1.82) is 0 Å². The van der Waals surface area contributed by atoms with Crippen LogP contribution >= 0.6 is 27.3 Å². The van der Waals surface area contributed by atoms with E-state index in [0.717, 1.165) is 39.1 Å². The normalized spacial score (nSPS) is 15.3. The number of anilines is 1. The van der Waals surface area contributed by atoms with Crippen LogP contribution in [0.5, 0.6) is 0 Å². The standard InChI is InChI=1S/C23H27BrN4S/c1-26-16-18(24)15-21-23(26)25-22(29-21)14-17-10-12-27(11-7-13-28(2,3)4)20-9-6-5-8-19(17)20/h5-6,8-10,12,14-16H,7,11,13H2,1-4H3/q+2. The molecule has 1 aliphatic heterocycles. The number of aryl methyl sites for hydroxylation is 1. The van der Waals surface area contributed by atoms with Gasteiger partial charge in [0.25, 0.3) is 0 Å². The van der Waals surface area contributed by atoms with Gasteiger partial charge < -0.3 is 9.38 Å². The number of benzene rings is 1. The summed E-state index contributed by atoms with van der Waals surface area (Å²) in [5.74, 6) is 0. The van der Waals surface area contributed by atoms with Crippen LogP contribution in [-0.2, 0) is 7.05 Å². The van der Waals surface area contributed by atoms with E-state index >= 15 is 0 Å². The first-order chi connectivity index (χ1) is 13.8. The molecule has 0 unspecified atom stereocenters. The summed E-state index contributed by atoms with van der Waals surface area (Å²) in [6, 6.07) is 10.8. The fraction of sp³-hybridized carbons (Fsp3) is 0.304. The molecule has 150 valence electrons. The Kier molecular flexibility index (Phi) is 5.60. The maximum atomic E-state index is 4.85. The van der Waals surface area contributed by atoms with E-state index in [1.807, 2.05) is 13.2 Å². The number of hydrogen-bond donors (Lipinski definition) is 0. The average Bonchev–Trinajstić information content (AvgIpc) is 3.05. The van der Waals surface area contributed by atoms with Crippen LogP contribution in [0.4, 0.5) is 5.69 Å². The van der Waals surface area contributed by atoms with Crippen molar-refractivity contribution in [3.63, 3.8) is 0 Å². The Hall–Kier alpha value is -2.02. The van der Waals surface area contributed by atoms with Crippen molar-refractivity contribution < 1.29 is 9.05 Å². The van der Waals surface area contributed by atoms with Gasteiger partial charge >= 0.3 is 5.65 Å². The summed E-state index contributed by atoms with van der Waals surface area (Å²) in [4.78, 5) is 7.22. The highest BCUT2D eigenvalue weighted by Crippen LogP contribution is 2.35. The average molecular weight is 471 g/mol. The van der Waals surface area contributed by atoms with Crippen molar-refractivity contribution in [2.45, 2.75) is 6.42 Å². The van der Waals surface area contributed by atoms with E-state index in [4.69, 9.17) is 4.98 Å². The van der Waals surface area contributed by atoms with Gasteiger partial charge in [0.2, 0.25) is 5.01 Å². The number of fused-ring (bicyclic) bond motifs is 2. The highest BCUT2D eigenvalue weighted by molar-refractivity contribution is 9.10. The second kappa shape index (κ2) is 8.01. The number of nitrogens with zero attached hydrogens (tertiary/aromatic N) is 4. The minimum Gasteiger partial charge on any atom is -0.347 e. The molecular formula is C23H27BrN4S+2. The molecule has 0 amide bonds. The zero-order chi connectivity index (χ0) is 20.6. The van der Waals surface area contributed by atoms with Gasteiger partial charge in [-0.3, -0.25) is 0 Å². The van der Waals surface area contributed by atoms with Crippen molar-refractivity contribution in [3.05, 3.63) is 63.8 Å². The largest absolute Gasteiger partial charge is 0.347 e. The van der Waals surface area contributed by atoms with E-state index in [0.29, 0.717) is 0 Å². The van der Waals surface area contributed by atoms with Crippen LogP contribution in [-0.4, -0.2) is 43.7 Å². The lowest BCUT2D eigenvalue weighted by Crippen LogP contribution is -2.37. The third-order valence-electron chi connectivity index (χ3n) is 5.04. The minimum absolute atomic E-state index is 0.996. The van der Waals surface area contributed by atoms with Crippen LogP contribution in [0.15, 0.2) is 53.3 Å². The number of pyridine rings is 1. The number of para-hydroxylation sites is 1. The quantitative estimate of drug-likeness (QED) is 0.392. The Bertz CT molecular complexity index is 1110. The number of aromatic nitrogens is 2. The summed E-state index contributed by atoms with van der Waals surface area (Å²) in [5, 5.41) is 1.03. The summed E-state index contributed by atoms with van der Waals surface area (Å²) >= 11 is 5.30. The number of rotatable bonds is 5. The van der Waals surface area contributed by atoms with Gasteiger partial charge in [-0.2, -0.15) is 0 Å². The van der Waals surface area contributed by atoms with Gasteiger partial charge in [0.1, 0.15) is 10.9 Å². The summed E-state index contributed by atoms with van der Waals surface area (Å²) in [5.41, 5.74) is 4.77. The monoisotopic (exact) mass is 470 g/mol. The molecule has 0 N–H and O–H groups in total. The molecule has 0 saturated carbocycles. The third-order valence-corrected chi connectivity index (χ3v) is 6.41. The van der Waals surface area contributed by atoms with Gasteiger partial charge in [-0.25, -0.2) is 4.57 Å². The van der Waals surface area contributed by atoms with Crippen LogP contribution < -0.4 is 9.47 Å². The molecule has 0 aliphatic carbocycles. The molecule has 3 heterocycles. The smallest absolute Gasteiger partial charge is 0.342 e. The maximum absolute atomic E-state index is 4.85. The van der Waals surface area contributed by atoms with Gasteiger partial charge in [0.05, 0.1) is 39.2 Å². The Morgan fingerprint density at radius 1 is 1.24 bits per heavy atom. The van der Waals surface area contributed by atoms with Gasteiger partial charge in [0.15, 0.2) is 0 Å².